The molecule has 0 saturated carbocycles. The van der Waals surface area contributed by atoms with Crippen molar-refractivity contribution in [2.75, 3.05) is 0 Å². The smallest absolute Gasteiger partial charge is 0.311 e. The van der Waals surface area contributed by atoms with Gasteiger partial charge in [0.05, 0.1) is 5.25 Å². The van der Waals surface area contributed by atoms with E-state index in [0.29, 0.717) is 10.6 Å². The van der Waals surface area contributed by atoms with Gasteiger partial charge in [-0.25, -0.2) is 0 Å². The Balaban J connectivity index is 2.25. The van der Waals surface area contributed by atoms with Gasteiger partial charge in [-0.1, -0.05) is 23.7 Å². The zero-order valence-electron chi connectivity index (χ0n) is 11.4. The van der Waals surface area contributed by atoms with Crippen LogP contribution < -0.4 is 5.73 Å². The van der Waals surface area contributed by atoms with Crippen LogP contribution in [0.1, 0.15) is 25.5 Å². The van der Waals surface area contributed by atoms with Gasteiger partial charge in [-0.15, -0.1) is 0 Å². The summed E-state index contributed by atoms with van der Waals surface area (Å²) < 4.78 is 33.5. The Labute approximate surface area is 127 Å². The van der Waals surface area contributed by atoms with Crippen LogP contribution in [0.4, 0.5) is 0 Å². The monoisotopic (exact) mass is 331 g/mol. The van der Waals surface area contributed by atoms with E-state index >= 15 is 0 Å². The van der Waals surface area contributed by atoms with Crippen LogP contribution in [-0.2, 0) is 23.8 Å². The molecule has 1 heterocycles. The molecule has 1 aliphatic heterocycles. The molecule has 0 aromatic heterocycles. The summed E-state index contributed by atoms with van der Waals surface area (Å²) in [5.41, 5.74) is 6.06. The molecule has 0 radical (unpaired) electrons. The van der Waals surface area contributed by atoms with E-state index in [-0.39, 0.29) is 5.88 Å². The maximum atomic E-state index is 12.2. The summed E-state index contributed by atoms with van der Waals surface area (Å²) in [5, 5.41) is -0.302. The molecule has 1 aliphatic rings. The Hall–Kier alpha value is -1.73. The summed E-state index contributed by atoms with van der Waals surface area (Å²) in [4.78, 5) is 12.2. The van der Waals surface area contributed by atoms with Crippen molar-refractivity contribution in [3.63, 3.8) is 0 Å². The van der Waals surface area contributed by atoms with E-state index in [9.17, 15) is 13.2 Å². The zero-order chi connectivity index (χ0) is 15.8. The highest BCUT2D eigenvalue weighted by Crippen LogP contribution is 2.33. The van der Waals surface area contributed by atoms with E-state index in [1.165, 1.54) is 13.8 Å². The number of carbonyl (C=O) groups is 1. The molecule has 6 nitrogen and oxygen atoms in total. The fraction of sp³-hybridized carbons (Fsp3) is 0.308. The van der Waals surface area contributed by atoms with E-state index in [2.05, 4.69) is 0 Å². The molecule has 114 valence electrons. The largest absolute Gasteiger partial charge is 0.460 e. The average molecular weight is 332 g/mol. The molecule has 0 amide bonds. The summed E-state index contributed by atoms with van der Waals surface area (Å²) in [6.07, 6.45) is -1.03. The fourth-order valence-electron chi connectivity index (χ4n) is 1.63. The second-order valence-electron chi connectivity index (χ2n) is 4.73. The molecule has 1 atom stereocenters. The molecule has 0 saturated heterocycles. The number of hydrogen-bond donors (Lipinski definition) is 1. The normalized spacial score (nSPS) is 19.0. The second kappa shape index (κ2) is 5.57. The van der Waals surface area contributed by atoms with Crippen molar-refractivity contribution in [1.82, 2.24) is 0 Å². The van der Waals surface area contributed by atoms with Crippen molar-refractivity contribution in [2.24, 2.45) is 5.73 Å². The summed E-state index contributed by atoms with van der Waals surface area (Å²) >= 11 is 5.77. The summed E-state index contributed by atoms with van der Waals surface area (Å²) in [6, 6.07) is 6.37. The summed E-state index contributed by atoms with van der Waals surface area (Å²) in [7, 11) is -3.92. The molecule has 1 aromatic rings. The minimum Gasteiger partial charge on any atom is -0.460 e. The first kappa shape index (κ1) is 15.7. The number of ether oxygens (including phenoxy) is 1. The third-order valence-corrected chi connectivity index (χ3v) is 4.69. The minimum atomic E-state index is -3.92. The Morgan fingerprint density at radius 3 is 2.38 bits per heavy atom. The van der Waals surface area contributed by atoms with Crippen LogP contribution >= 0.6 is 11.6 Å². The first-order chi connectivity index (χ1) is 9.72. The lowest BCUT2D eigenvalue weighted by molar-refractivity contribution is -0.123. The van der Waals surface area contributed by atoms with Crippen molar-refractivity contribution in [2.45, 2.75) is 25.2 Å². The van der Waals surface area contributed by atoms with Crippen molar-refractivity contribution in [3.8, 4) is 0 Å². The highest BCUT2D eigenvalue weighted by Gasteiger charge is 2.39. The number of carbonyl (C=O) groups excluding carboxylic acids is 1. The molecular weight excluding hydrogens is 318 g/mol. The number of rotatable bonds is 4. The number of ketones is 1. The van der Waals surface area contributed by atoms with Crippen LogP contribution in [0.3, 0.4) is 0 Å². The number of benzene rings is 1. The molecule has 0 spiro atoms. The van der Waals surface area contributed by atoms with Crippen LogP contribution in [-0.4, -0.2) is 19.5 Å². The van der Waals surface area contributed by atoms with E-state index in [4.69, 9.17) is 26.3 Å². The molecule has 8 heteroatoms. The number of hydrogen-bond acceptors (Lipinski definition) is 6. The van der Waals surface area contributed by atoms with E-state index in [1.807, 2.05) is 0 Å². The minimum absolute atomic E-state index is 0.343. The topological polar surface area (TPSA) is 95.7 Å². The van der Waals surface area contributed by atoms with E-state index < -0.39 is 33.0 Å². The molecule has 2 rings (SSSR count). The third-order valence-electron chi connectivity index (χ3n) is 2.88. The summed E-state index contributed by atoms with van der Waals surface area (Å²) in [5.74, 6) is -1.47. The highest BCUT2D eigenvalue weighted by molar-refractivity contribution is 7.87. The molecule has 2 N–H and O–H groups in total. The lowest BCUT2D eigenvalue weighted by atomic mass is 10.1. The van der Waals surface area contributed by atoms with Gasteiger partial charge in [0, 0.05) is 10.6 Å². The van der Waals surface area contributed by atoms with Gasteiger partial charge in [0.25, 0.3) is 0 Å². The molecule has 0 aliphatic carbocycles. The standard InChI is InChI=1S/C13H14ClNO5S/c1-7(2)21(17,18)20-12-10(16)11(19-13(12)15)8-3-5-9(14)6-4-8/h3-7,11H,15H2,1-2H3. The predicted octanol–water partition coefficient (Wildman–Crippen LogP) is 1.86. The van der Waals surface area contributed by atoms with Crippen molar-refractivity contribution < 1.29 is 22.1 Å². The van der Waals surface area contributed by atoms with Crippen molar-refractivity contribution >= 4 is 27.5 Å². The van der Waals surface area contributed by atoms with Crippen LogP contribution in [0.25, 0.3) is 0 Å². The van der Waals surface area contributed by atoms with Crippen LogP contribution in [0.15, 0.2) is 35.9 Å². The molecule has 1 unspecified atom stereocenters. The van der Waals surface area contributed by atoms with Gasteiger partial charge in [-0.3, -0.25) is 4.79 Å². The first-order valence-corrected chi connectivity index (χ1v) is 7.96. The van der Waals surface area contributed by atoms with E-state index in [1.54, 1.807) is 24.3 Å². The van der Waals surface area contributed by atoms with Crippen molar-refractivity contribution in [3.05, 3.63) is 46.5 Å². The van der Waals surface area contributed by atoms with Crippen molar-refractivity contribution in [1.29, 1.82) is 0 Å². The number of nitrogens with two attached hydrogens (primary N) is 1. The molecule has 1 aromatic carbocycles. The van der Waals surface area contributed by atoms with Gasteiger partial charge in [0.2, 0.25) is 17.4 Å². The highest BCUT2D eigenvalue weighted by atomic mass is 35.5. The molecular formula is C13H14ClNO5S. The predicted molar refractivity (Wildman–Crippen MR) is 76.6 cm³/mol. The molecule has 21 heavy (non-hydrogen) atoms. The van der Waals surface area contributed by atoms with Gasteiger partial charge in [0.15, 0.2) is 6.10 Å². The van der Waals surface area contributed by atoms with Gasteiger partial charge >= 0.3 is 10.1 Å². The Bertz CT molecular complexity index is 694. The van der Waals surface area contributed by atoms with Crippen LogP contribution in [0.5, 0.6) is 0 Å². The maximum absolute atomic E-state index is 12.2. The third kappa shape index (κ3) is 3.14. The lowest BCUT2D eigenvalue weighted by Gasteiger charge is -2.10. The maximum Gasteiger partial charge on any atom is 0.311 e. The summed E-state index contributed by atoms with van der Waals surface area (Å²) in [6.45, 7) is 2.87. The number of halogens is 1. The van der Waals surface area contributed by atoms with Gasteiger partial charge in [0.1, 0.15) is 0 Å². The van der Waals surface area contributed by atoms with Gasteiger partial charge in [-0.2, -0.15) is 8.42 Å². The Morgan fingerprint density at radius 2 is 1.86 bits per heavy atom. The van der Waals surface area contributed by atoms with Crippen LogP contribution in [0, 0.1) is 0 Å². The van der Waals surface area contributed by atoms with Crippen LogP contribution in [0.2, 0.25) is 5.02 Å². The van der Waals surface area contributed by atoms with E-state index in [0.717, 1.165) is 0 Å². The van der Waals surface area contributed by atoms with Gasteiger partial charge < -0.3 is 14.7 Å². The van der Waals surface area contributed by atoms with Gasteiger partial charge in [-0.05, 0) is 26.0 Å². The zero-order valence-corrected chi connectivity index (χ0v) is 12.9. The average Bonchev–Trinajstić information content (AvgIpc) is 2.67. The second-order valence-corrected chi connectivity index (χ2v) is 7.26. The number of Topliss-reactive ketones (excluding diaryl/α,β-unsaturated/α-hetero) is 1. The Kier molecular flexibility index (Phi) is 4.15. The molecule has 0 bridgehead atoms. The lowest BCUT2D eigenvalue weighted by Crippen LogP contribution is -2.21. The fourth-order valence-corrected chi connectivity index (χ4v) is 2.34. The first-order valence-electron chi connectivity index (χ1n) is 6.11. The SMILES string of the molecule is CC(C)S(=O)(=O)OC1=C(N)OC(c2ccc(Cl)cc2)C1=O. The Morgan fingerprint density at radius 1 is 1.29 bits per heavy atom. The molecule has 0 fully saturated rings. The quantitative estimate of drug-likeness (QED) is 0.846.